The second kappa shape index (κ2) is 18.7. The van der Waals surface area contributed by atoms with E-state index in [2.05, 4.69) is 10.6 Å². The summed E-state index contributed by atoms with van der Waals surface area (Å²) < 4.78 is 5.04. The zero-order chi connectivity index (χ0) is 37.4. The van der Waals surface area contributed by atoms with Crippen LogP contribution in [0, 0.1) is 17.8 Å². The highest BCUT2D eigenvalue weighted by molar-refractivity contribution is 8.00. The quantitative estimate of drug-likeness (QED) is 0.249. The van der Waals surface area contributed by atoms with E-state index in [1.54, 1.807) is 28.4 Å². The lowest BCUT2D eigenvalue weighted by Crippen LogP contribution is -2.58. The minimum absolute atomic E-state index is 0.141. The molecule has 3 N–H and O–H groups in total. The highest BCUT2D eigenvalue weighted by Gasteiger charge is 2.45. The molecule has 8 atom stereocenters. The molecule has 4 amide bonds. The average Bonchev–Trinajstić information content (AvgIpc) is 3.39. The number of amides is 4. The Morgan fingerprint density at radius 1 is 0.788 bits per heavy atom. The monoisotopic (exact) mass is 758 g/mol. The number of esters is 1. The van der Waals surface area contributed by atoms with E-state index >= 15 is 0 Å². The molecule has 1 unspecified atom stereocenters. The van der Waals surface area contributed by atoms with Gasteiger partial charge in [-0.25, -0.2) is 9.59 Å². The minimum atomic E-state index is -1.02. The molecule has 1 aromatic carbocycles. The van der Waals surface area contributed by atoms with Crippen molar-refractivity contribution < 1.29 is 38.6 Å². The lowest BCUT2D eigenvalue weighted by Gasteiger charge is -2.40. The molecule has 0 bridgehead atoms. The summed E-state index contributed by atoms with van der Waals surface area (Å²) in [6.45, 7) is 4.06. The van der Waals surface area contributed by atoms with Gasteiger partial charge in [-0.05, 0) is 100 Å². The van der Waals surface area contributed by atoms with Crippen LogP contribution in [-0.2, 0) is 39.9 Å². The number of piperidine rings is 2. The Morgan fingerprint density at radius 3 is 1.85 bits per heavy atom. The lowest BCUT2D eigenvalue weighted by atomic mass is 9.86. The van der Waals surface area contributed by atoms with Gasteiger partial charge in [0.15, 0.2) is 0 Å². The van der Waals surface area contributed by atoms with E-state index in [4.69, 9.17) is 4.74 Å². The third-order valence-corrected chi connectivity index (χ3v) is 13.4. The summed E-state index contributed by atoms with van der Waals surface area (Å²) in [6.07, 6.45) is 6.60. The lowest BCUT2D eigenvalue weighted by molar-refractivity contribution is -0.156. The summed E-state index contributed by atoms with van der Waals surface area (Å²) in [6, 6.07) is 6.49. The fourth-order valence-electron chi connectivity index (χ4n) is 8.11. The molecule has 0 saturated carbocycles. The van der Waals surface area contributed by atoms with Crippen molar-refractivity contribution in [1.82, 2.24) is 20.4 Å². The van der Waals surface area contributed by atoms with Crippen molar-refractivity contribution in [2.75, 3.05) is 18.6 Å². The average molecular weight is 759 g/mol. The molecule has 286 valence electrons. The molecule has 0 spiro atoms. The Bertz CT molecular complexity index is 1450. The predicted molar refractivity (Wildman–Crippen MR) is 200 cm³/mol. The third-order valence-electron chi connectivity index (χ3n) is 10.8. The van der Waals surface area contributed by atoms with Gasteiger partial charge in [-0.2, -0.15) is 0 Å². The summed E-state index contributed by atoms with van der Waals surface area (Å²) in [5, 5.41) is 15.6. The van der Waals surface area contributed by atoms with Crippen molar-refractivity contribution in [1.29, 1.82) is 0 Å². The van der Waals surface area contributed by atoms with E-state index in [9.17, 15) is 33.9 Å². The largest absolute Gasteiger partial charge is 0.480 e. The Hall–Kier alpha value is -3.26. The van der Waals surface area contributed by atoms with Crippen LogP contribution in [0.1, 0.15) is 90.0 Å². The maximum Gasteiger partial charge on any atom is 0.328 e. The van der Waals surface area contributed by atoms with Crippen molar-refractivity contribution in [3.05, 3.63) is 35.9 Å². The van der Waals surface area contributed by atoms with Crippen molar-refractivity contribution >= 4 is 59.1 Å². The second-order valence-electron chi connectivity index (χ2n) is 14.9. The first-order valence-corrected chi connectivity index (χ1v) is 20.9. The molecule has 4 aliphatic rings. The first kappa shape index (κ1) is 39.9. The molecule has 4 aliphatic heterocycles. The fraction of sp³-hybridized carbons (Fsp3) is 0.684. The number of hydrogen-bond donors (Lipinski definition) is 3. The van der Waals surface area contributed by atoms with E-state index in [1.807, 2.05) is 44.2 Å². The van der Waals surface area contributed by atoms with Gasteiger partial charge in [0.1, 0.15) is 24.2 Å². The van der Waals surface area contributed by atoms with Crippen molar-refractivity contribution in [2.24, 2.45) is 17.8 Å². The number of carboxylic acid groups (broad SMARTS) is 1. The molecule has 14 heteroatoms. The highest BCUT2D eigenvalue weighted by atomic mass is 32.2. The third kappa shape index (κ3) is 9.83. The van der Waals surface area contributed by atoms with Gasteiger partial charge in [-0.3, -0.25) is 19.2 Å². The molecule has 1 aromatic rings. The Morgan fingerprint density at radius 2 is 1.31 bits per heavy atom. The standard InChI is InChI=1S/C38H54N4O8S2/c1-23(2)21-25(33(43)39-27-17-19-51-31-13-7-11-29(37(47)48)41(31)35(27)45)15-16-26(22-24-9-5-4-6-10-24)34(44)40-28-18-20-52-32-14-8-12-30(38(49)50-3)42(32)36(28)46/h4-6,9-10,23,25-32H,7-8,11-22H2,1-3H3,(H,39,43)(H,40,44)(H,47,48)/t25-,26-,27?,28+,29+,30+,31+,32+/m1/s1. The number of rotatable bonds is 13. The molecule has 12 nitrogen and oxygen atoms in total. The van der Waals surface area contributed by atoms with Gasteiger partial charge in [0.25, 0.3) is 0 Å². The van der Waals surface area contributed by atoms with Gasteiger partial charge >= 0.3 is 11.9 Å². The number of methoxy groups -OCH3 is 1. The number of hydrogen-bond acceptors (Lipinski definition) is 9. The number of carbonyl (C=O) groups excluding carboxylic acids is 5. The van der Waals surface area contributed by atoms with Crippen molar-refractivity contribution in [2.45, 2.75) is 126 Å². The molecule has 4 heterocycles. The molecule has 4 fully saturated rings. The van der Waals surface area contributed by atoms with Gasteiger partial charge in [-0.1, -0.05) is 44.2 Å². The van der Waals surface area contributed by atoms with E-state index in [-0.39, 0.29) is 40.3 Å². The summed E-state index contributed by atoms with van der Waals surface area (Å²) >= 11 is 3.22. The van der Waals surface area contributed by atoms with Crippen LogP contribution in [-0.4, -0.2) is 104 Å². The van der Waals surface area contributed by atoms with Gasteiger partial charge in [0, 0.05) is 11.8 Å². The van der Waals surface area contributed by atoms with Crippen LogP contribution in [0.15, 0.2) is 30.3 Å². The predicted octanol–water partition coefficient (Wildman–Crippen LogP) is 4.20. The van der Waals surface area contributed by atoms with E-state index in [1.165, 1.54) is 12.0 Å². The van der Waals surface area contributed by atoms with E-state index in [0.717, 1.165) is 31.2 Å². The van der Waals surface area contributed by atoms with E-state index < -0.39 is 47.9 Å². The summed E-state index contributed by atoms with van der Waals surface area (Å²) in [5.74, 6) is -2.15. The van der Waals surface area contributed by atoms with Crippen LogP contribution in [0.5, 0.6) is 0 Å². The molecular formula is C38H54N4O8S2. The second-order valence-corrected chi connectivity index (χ2v) is 17.5. The molecule has 4 saturated heterocycles. The Labute approximate surface area is 315 Å². The number of nitrogens with one attached hydrogen (secondary N) is 2. The zero-order valence-corrected chi connectivity index (χ0v) is 32.1. The summed E-state index contributed by atoms with van der Waals surface area (Å²) in [4.78, 5) is 83.7. The molecule has 5 rings (SSSR count). The maximum absolute atomic E-state index is 14.1. The molecule has 0 aromatic heterocycles. The number of benzene rings is 1. The molecule has 52 heavy (non-hydrogen) atoms. The van der Waals surface area contributed by atoms with Gasteiger partial charge in [0.2, 0.25) is 23.6 Å². The summed E-state index contributed by atoms with van der Waals surface area (Å²) in [5.41, 5.74) is 0.961. The van der Waals surface area contributed by atoms with Gasteiger partial charge in [0.05, 0.1) is 17.9 Å². The SMILES string of the molecule is COC(=O)[C@@H]1CCC[C@@H]2SCC[C@H](NC(=O)[C@H](CC[C@H](CC(C)C)C(=O)NC3CCS[C@H]4CCC[C@@H](C(=O)O)N4C3=O)Cc3ccccc3)C(=O)N21. The first-order valence-electron chi connectivity index (χ1n) is 18.8. The van der Waals surface area contributed by atoms with Crippen LogP contribution < -0.4 is 10.6 Å². The number of ether oxygens (including phenoxy) is 1. The van der Waals surface area contributed by atoms with E-state index in [0.29, 0.717) is 62.9 Å². The Kier molecular flexibility index (Phi) is 14.3. The summed E-state index contributed by atoms with van der Waals surface area (Å²) in [7, 11) is 1.33. The maximum atomic E-state index is 14.1. The van der Waals surface area contributed by atoms with Crippen LogP contribution in [0.4, 0.5) is 0 Å². The number of carbonyl (C=O) groups is 6. The normalized spacial score (nSPS) is 27.7. The molecule has 0 aliphatic carbocycles. The zero-order valence-electron chi connectivity index (χ0n) is 30.5. The van der Waals surface area contributed by atoms with Crippen LogP contribution >= 0.6 is 23.5 Å². The van der Waals surface area contributed by atoms with Crippen LogP contribution in [0.2, 0.25) is 0 Å². The van der Waals surface area contributed by atoms with Crippen molar-refractivity contribution in [3.63, 3.8) is 0 Å². The minimum Gasteiger partial charge on any atom is -0.480 e. The van der Waals surface area contributed by atoms with Gasteiger partial charge < -0.3 is 30.3 Å². The smallest absolute Gasteiger partial charge is 0.328 e. The molecule has 0 radical (unpaired) electrons. The highest BCUT2D eigenvalue weighted by Crippen LogP contribution is 2.36. The molecular weight excluding hydrogens is 705 g/mol. The van der Waals surface area contributed by atoms with Gasteiger partial charge in [-0.15, -0.1) is 23.5 Å². The van der Waals surface area contributed by atoms with Crippen molar-refractivity contribution in [3.8, 4) is 0 Å². The topological polar surface area (TPSA) is 162 Å². The number of nitrogens with zero attached hydrogens (tertiary/aromatic N) is 2. The van der Waals surface area contributed by atoms with Crippen LogP contribution in [0.25, 0.3) is 0 Å². The Balaban J connectivity index is 1.30. The number of aliphatic carboxylic acids is 1. The number of thioether (sulfide) groups is 2. The fourth-order valence-corrected chi connectivity index (χ4v) is 10.9. The number of carboxylic acids is 1. The van der Waals surface area contributed by atoms with Crippen LogP contribution in [0.3, 0.4) is 0 Å². The number of fused-ring (bicyclic) bond motifs is 2. The first-order chi connectivity index (χ1) is 25.0.